The third-order valence-corrected chi connectivity index (χ3v) is 7.20. The van der Waals surface area contributed by atoms with Gasteiger partial charge in [0, 0.05) is 6.54 Å². The summed E-state index contributed by atoms with van der Waals surface area (Å²) in [5.74, 6) is -0.144. The number of carbonyl (C=O) groups excluding carboxylic acids is 2. The lowest BCUT2D eigenvalue weighted by atomic mass is 10.2. The third kappa shape index (κ3) is 5.12. The highest BCUT2D eigenvalue weighted by molar-refractivity contribution is 7.89. The molecule has 0 saturated carbocycles. The molecule has 1 atom stereocenters. The minimum Gasteiger partial charge on any atom is -0.494 e. The zero-order valence-electron chi connectivity index (χ0n) is 19.1. The third-order valence-electron chi connectivity index (χ3n) is 5.29. The number of nitrogens with zero attached hydrogens (tertiary/aromatic N) is 2. The van der Waals surface area contributed by atoms with Crippen LogP contribution in [0.3, 0.4) is 0 Å². The van der Waals surface area contributed by atoms with Crippen molar-refractivity contribution in [3.8, 4) is 11.5 Å². The Balaban J connectivity index is 1.87. The zero-order chi connectivity index (χ0) is 24.2. The van der Waals surface area contributed by atoms with Gasteiger partial charge in [0.05, 0.1) is 37.4 Å². The molecular formula is C23H28N2O7S. The predicted octanol–water partition coefficient (Wildman–Crippen LogP) is 2.37. The van der Waals surface area contributed by atoms with Gasteiger partial charge < -0.3 is 19.1 Å². The van der Waals surface area contributed by atoms with Gasteiger partial charge in [-0.1, -0.05) is 19.1 Å². The maximum atomic E-state index is 13.3. The molecule has 9 nitrogen and oxygen atoms in total. The molecule has 0 radical (unpaired) electrons. The van der Waals surface area contributed by atoms with Gasteiger partial charge in [-0.3, -0.25) is 4.79 Å². The summed E-state index contributed by atoms with van der Waals surface area (Å²) in [7, 11) is -2.70. The molecule has 1 amide bonds. The monoisotopic (exact) mass is 476 g/mol. The normalized spacial score (nSPS) is 15.5. The van der Waals surface area contributed by atoms with E-state index < -0.39 is 34.5 Å². The molecule has 0 saturated heterocycles. The molecule has 33 heavy (non-hydrogen) atoms. The van der Waals surface area contributed by atoms with E-state index in [1.54, 1.807) is 44.2 Å². The Bertz CT molecular complexity index is 1130. The van der Waals surface area contributed by atoms with Crippen molar-refractivity contribution >= 4 is 27.6 Å². The van der Waals surface area contributed by atoms with Gasteiger partial charge in [0.25, 0.3) is 0 Å². The van der Waals surface area contributed by atoms with E-state index in [0.717, 1.165) is 4.31 Å². The fourth-order valence-electron chi connectivity index (χ4n) is 3.58. The van der Waals surface area contributed by atoms with Crippen LogP contribution in [0.25, 0.3) is 0 Å². The Kier molecular flexibility index (Phi) is 7.60. The molecule has 0 aromatic heterocycles. The number of rotatable bonds is 8. The number of carbonyl (C=O) groups is 2. The lowest BCUT2D eigenvalue weighted by molar-refractivity contribution is -0.148. The minimum atomic E-state index is -3.94. The number of ether oxygens (including phenoxy) is 3. The minimum absolute atomic E-state index is 0.0768. The second-order valence-corrected chi connectivity index (χ2v) is 9.33. The molecule has 1 aliphatic heterocycles. The van der Waals surface area contributed by atoms with Gasteiger partial charge in [-0.15, -0.1) is 0 Å². The molecule has 1 aliphatic rings. The smallest absolute Gasteiger partial charge is 0.348 e. The summed E-state index contributed by atoms with van der Waals surface area (Å²) < 4.78 is 43.6. The van der Waals surface area contributed by atoms with Crippen LogP contribution in [-0.4, -0.2) is 64.1 Å². The van der Waals surface area contributed by atoms with Crippen LogP contribution >= 0.6 is 0 Å². The van der Waals surface area contributed by atoms with E-state index in [1.807, 2.05) is 6.92 Å². The summed E-state index contributed by atoms with van der Waals surface area (Å²) in [6.45, 7) is 5.36. The Labute approximate surface area is 193 Å². The van der Waals surface area contributed by atoms with E-state index >= 15 is 0 Å². The molecule has 10 heteroatoms. The van der Waals surface area contributed by atoms with Crippen molar-refractivity contribution in [2.24, 2.45) is 0 Å². The van der Waals surface area contributed by atoms with Crippen LogP contribution < -0.4 is 14.4 Å². The molecule has 0 fully saturated rings. The molecule has 0 spiro atoms. The molecule has 0 aliphatic carbocycles. The molecule has 178 valence electrons. The number of hydrogen-bond acceptors (Lipinski definition) is 7. The highest BCUT2D eigenvalue weighted by atomic mass is 32.2. The van der Waals surface area contributed by atoms with Crippen LogP contribution in [0.2, 0.25) is 0 Å². The number of hydrogen-bond donors (Lipinski definition) is 0. The molecule has 0 unspecified atom stereocenters. The first-order valence-corrected chi connectivity index (χ1v) is 12.0. The largest absolute Gasteiger partial charge is 0.494 e. The SMILES string of the molecule is CCOc1ccc(S(=O)(=O)N(CC)CC(=O)N2C[C@H](C(=O)OC)Oc3ccccc32)cc1C. The van der Waals surface area contributed by atoms with Crippen molar-refractivity contribution in [2.75, 3.05) is 38.3 Å². The Morgan fingerprint density at radius 2 is 1.91 bits per heavy atom. The summed E-state index contributed by atoms with van der Waals surface area (Å²) >= 11 is 0. The lowest BCUT2D eigenvalue weighted by Crippen LogP contribution is -2.50. The number of amides is 1. The van der Waals surface area contributed by atoms with Gasteiger partial charge in [-0.25, -0.2) is 13.2 Å². The molecule has 2 aromatic rings. The van der Waals surface area contributed by atoms with Gasteiger partial charge in [0.2, 0.25) is 22.0 Å². The summed E-state index contributed by atoms with van der Waals surface area (Å²) in [5, 5.41) is 0. The van der Waals surface area contributed by atoms with Crippen molar-refractivity contribution in [1.82, 2.24) is 4.31 Å². The van der Waals surface area contributed by atoms with Crippen molar-refractivity contribution in [2.45, 2.75) is 31.8 Å². The number of sulfonamides is 1. The number of esters is 1. The van der Waals surface area contributed by atoms with Crippen LogP contribution in [0.1, 0.15) is 19.4 Å². The van der Waals surface area contributed by atoms with E-state index in [4.69, 9.17) is 14.2 Å². The highest BCUT2D eigenvalue weighted by Gasteiger charge is 2.36. The number of anilines is 1. The fourth-order valence-corrected chi connectivity index (χ4v) is 5.06. The molecule has 0 bridgehead atoms. The maximum absolute atomic E-state index is 13.3. The first-order valence-electron chi connectivity index (χ1n) is 10.6. The molecule has 1 heterocycles. The molecular weight excluding hydrogens is 448 g/mol. The Hall–Kier alpha value is -3.11. The van der Waals surface area contributed by atoms with E-state index in [2.05, 4.69) is 0 Å². The fraction of sp³-hybridized carbons (Fsp3) is 0.391. The zero-order valence-corrected chi connectivity index (χ0v) is 19.9. The van der Waals surface area contributed by atoms with Gasteiger partial charge in [-0.05, 0) is 49.7 Å². The van der Waals surface area contributed by atoms with Crippen molar-refractivity contribution in [1.29, 1.82) is 0 Å². The Morgan fingerprint density at radius 1 is 1.18 bits per heavy atom. The van der Waals surface area contributed by atoms with Gasteiger partial charge in [0.1, 0.15) is 11.5 Å². The number of methoxy groups -OCH3 is 1. The summed E-state index contributed by atoms with van der Waals surface area (Å²) in [4.78, 5) is 26.8. The van der Waals surface area contributed by atoms with Crippen molar-refractivity contribution < 1.29 is 32.2 Å². The predicted molar refractivity (Wildman–Crippen MR) is 122 cm³/mol. The average Bonchev–Trinajstić information content (AvgIpc) is 2.82. The molecule has 3 rings (SSSR count). The Morgan fingerprint density at radius 3 is 2.55 bits per heavy atom. The van der Waals surface area contributed by atoms with Crippen LogP contribution in [-0.2, 0) is 24.3 Å². The second-order valence-electron chi connectivity index (χ2n) is 7.39. The topological polar surface area (TPSA) is 102 Å². The van der Waals surface area contributed by atoms with Crippen LogP contribution in [0, 0.1) is 6.92 Å². The van der Waals surface area contributed by atoms with Crippen molar-refractivity contribution in [3.05, 3.63) is 48.0 Å². The van der Waals surface area contributed by atoms with Crippen LogP contribution in [0.5, 0.6) is 11.5 Å². The van der Waals surface area contributed by atoms with E-state index in [0.29, 0.717) is 29.4 Å². The number of fused-ring (bicyclic) bond motifs is 1. The summed E-state index contributed by atoms with van der Waals surface area (Å²) in [5.41, 5.74) is 1.15. The number of benzene rings is 2. The van der Waals surface area contributed by atoms with E-state index in [-0.39, 0.29) is 18.0 Å². The van der Waals surface area contributed by atoms with E-state index in [9.17, 15) is 18.0 Å². The average molecular weight is 477 g/mol. The van der Waals surface area contributed by atoms with E-state index in [1.165, 1.54) is 24.1 Å². The summed E-state index contributed by atoms with van der Waals surface area (Å²) in [6, 6.07) is 11.4. The number of likely N-dealkylation sites (N-methyl/N-ethyl adjacent to an activating group) is 1. The van der Waals surface area contributed by atoms with Gasteiger partial charge in [-0.2, -0.15) is 4.31 Å². The molecule has 2 aromatic carbocycles. The lowest BCUT2D eigenvalue weighted by Gasteiger charge is -2.34. The quantitative estimate of drug-likeness (QED) is 0.539. The molecule has 0 N–H and O–H groups in total. The number of aryl methyl sites for hydroxylation is 1. The first kappa shape index (κ1) is 24.5. The second kappa shape index (κ2) is 10.2. The van der Waals surface area contributed by atoms with Crippen molar-refractivity contribution in [3.63, 3.8) is 0 Å². The van der Waals surface area contributed by atoms with Crippen LogP contribution in [0.15, 0.2) is 47.4 Å². The standard InChI is InChI=1S/C23H28N2O7S/c1-5-24(33(28,29)17-11-12-19(31-6-2)16(3)13-17)15-22(26)25-14-21(23(27)30-4)32-20-10-8-7-9-18(20)25/h7-13,21H,5-6,14-15H2,1-4H3/t21-/m1/s1. The summed E-state index contributed by atoms with van der Waals surface area (Å²) in [6.07, 6.45) is -1.01. The van der Waals surface area contributed by atoms with Crippen LogP contribution in [0.4, 0.5) is 5.69 Å². The maximum Gasteiger partial charge on any atom is 0.348 e. The first-order chi connectivity index (χ1) is 15.7. The number of para-hydroxylation sites is 2. The van der Waals surface area contributed by atoms with Gasteiger partial charge >= 0.3 is 5.97 Å². The highest BCUT2D eigenvalue weighted by Crippen LogP contribution is 2.34. The van der Waals surface area contributed by atoms with Gasteiger partial charge in [0.15, 0.2) is 0 Å².